The predicted molar refractivity (Wildman–Crippen MR) is 78.9 cm³/mol. The highest BCUT2D eigenvalue weighted by atomic mass is 15.5. The van der Waals surface area contributed by atoms with Gasteiger partial charge in [-0.15, -0.1) is 0 Å². The smallest absolute Gasteiger partial charge is 0.234 e. The fraction of sp³-hybridized carbons (Fsp3) is 0.667. The Bertz CT molecular complexity index is 460. The number of hydrogen-bond acceptors (Lipinski definition) is 5. The Hall–Kier alpha value is -1.67. The normalized spacial score (nSPS) is 16.1. The average molecular weight is 273 g/mol. The van der Waals surface area contributed by atoms with Crippen molar-refractivity contribution in [1.82, 2.24) is 15.4 Å². The first-order valence-electron chi connectivity index (χ1n) is 7.46. The minimum atomic E-state index is 0.224. The lowest BCUT2D eigenvalue weighted by Gasteiger charge is -2.32. The van der Waals surface area contributed by atoms with Crippen molar-refractivity contribution in [3.05, 3.63) is 18.1 Å². The summed E-state index contributed by atoms with van der Waals surface area (Å²) in [6, 6.07) is 4.38. The van der Waals surface area contributed by atoms with Crippen LogP contribution in [0.4, 0.5) is 5.82 Å². The van der Waals surface area contributed by atoms with Crippen LogP contribution < -0.4 is 10.4 Å². The zero-order chi connectivity index (χ0) is 14.4. The number of aromatic nitrogens is 2. The lowest BCUT2D eigenvalue weighted by atomic mass is 9.96. The Morgan fingerprint density at radius 1 is 1.40 bits per heavy atom. The van der Waals surface area contributed by atoms with Crippen molar-refractivity contribution in [3.63, 3.8) is 0 Å². The van der Waals surface area contributed by atoms with Crippen molar-refractivity contribution in [1.29, 1.82) is 5.26 Å². The van der Waals surface area contributed by atoms with E-state index in [9.17, 15) is 0 Å². The fourth-order valence-electron chi connectivity index (χ4n) is 2.58. The van der Waals surface area contributed by atoms with Crippen LogP contribution in [0.5, 0.6) is 0 Å². The van der Waals surface area contributed by atoms with Gasteiger partial charge in [-0.25, -0.2) is 15.4 Å². The van der Waals surface area contributed by atoms with Crippen LogP contribution in [0.3, 0.4) is 0 Å². The molecule has 0 spiro atoms. The van der Waals surface area contributed by atoms with Gasteiger partial charge in [-0.3, -0.25) is 5.01 Å². The molecule has 5 nitrogen and oxygen atoms in total. The Morgan fingerprint density at radius 3 is 2.80 bits per heavy atom. The third-order valence-corrected chi connectivity index (χ3v) is 3.51. The maximum atomic E-state index is 8.93. The second-order valence-electron chi connectivity index (χ2n) is 5.82. The molecule has 0 saturated heterocycles. The Labute approximate surface area is 121 Å². The molecule has 0 aromatic carbocycles. The van der Waals surface area contributed by atoms with Crippen LogP contribution in [0.1, 0.15) is 51.8 Å². The number of hydrazine groups is 1. The molecule has 20 heavy (non-hydrogen) atoms. The molecule has 1 heterocycles. The van der Waals surface area contributed by atoms with Crippen LogP contribution in [-0.2, 0) is 0 Å². The molecule has 0 radical (unpaired) electrons. The summed E-state index contributed by atoms with van der Waals surface area (Å²) in [5, 5.41) is 11.0. The SMILES string of the molecule is CC(C)CN(NC1CCCCC1)c1ccnc(C#N)n1. The molecule has 2 rings (SSSR count). The highest BCUT2D eigenvalue weighted by Crippen LogP contribution is 2.19. The van der Waals surface area contributed by atoms with Gasteiger partial charge in [0.05, 0.1) is 0 Å². The minimum absolute atomic E-state index is 0.224. The van der Waals surface area contributed by atoms with Crippen molar-refractivity contribution in [3.8, 4) is 6.07 Å². The number of anilines is 1. The summed E-state index contributed by atoms with van der Waals surface area (Å²) in [7, 11) is 0. The molecule has 0 amide bonds. The second-order valence-corrected chi connectivity index (χ2v) is 5.82. The minimum Gasteiger partial charge on any atom is -0.292 e. The average Bonchev–Trinajstić information content (AvgIpc) is 2.47. The van der Waals surface area contributed by atoms with Crippen LogP contribution in [-0.4, -0.2) is 22.6 Å². The Morgan fingerprint density at radius 2 is 2.15 bits per heavy atom. The molecule has 0 aliphatic heterocycles. The fourth-order valence-corrected chi connectivity index (χ4v) is 2.58. The number of rotatable bonds is 5. The summed E-state index contributed by atoms with van der Waals surface area (Å²) in [6.45, 7) is 5.24. The van der Waals surface area contributed by atoms with Crippen molar-refractivity contribution in [2.45, 2.75) is 52.0 Å². The molecule has 1 fully saturated rings. The second kappa shape index (κ2) is 7.20. The standard InChI is InChI=1S/C15H23N5/c1-12(2)11-20(19-13-6-4-3-5-7-13)15-8-9-17-14(10-16)18-15/h8-9,12-13,19H,3-7,11H2,1-2H3. The molecular weight excluding hydrogens is 250 g/mol. The summed E-state index contributed by atoms with van der Waals surface area (Å²) in [4.78, 5) is 8.24. The molecule has 1 aliphatic carbocycles. The van der Waals surface area contributed by atoms with E-state index in [1.807, 2.05) is 12.1 Å². The van der Waals surface area contributed by atoms with Gasteiger partial charge < -0.3 is 0 Å². The van der Waals surface area contributed by atoms with Crippen molar-refractivity contribution < 1.29 is 0 Å². The van der Waals surface area contributed by atoms with Crippen molar-refractivity contribution in [2.75, 3.05) is 11.6 Å². The number of nitrogens with one attached hydrogen (secondary N) is 1. The first-order chi connectivity index (χ1) is 9.69. The topological polar surface area (TPSA) is 64.8 Å². The van der Waals surface area contributed by atoms with E-state index in [4.69, 9.17) is 5.26 Å². The quantitative estimate of drug-likeness (QED) is 0.835. The predicted octanol–water partition coefficient (Wildman–Crippen LogP) is 2.65. The van der Waals surface area contributed by atoms with E-state index in [0.717, 1.165) is 12.4 Å². The summed E-state index contributed by atoms with van der Waals surface area (Å²) < 4.78 is 0. The van der Waals surface area contributed by atoms with Crippen LogP contribution in [0, 0.1) is 17.2 Å². The van der Waals surface area contributed by atoms with Crippen LogP contribution >= 0.6 is 0 Å². The monoisotopic (exact) mass is 273 g/mol. The molecule has 1 aromatic heterocycles. The third kappa shape index (κ3) is 4.17. The molecule has 108 valence electrons. The van der Waals surface area contributed by atoms with Gasteiger partial charge in [0.25, 0.3) is 0 Å². The van der Waals surface area contributed by atoms with Gasteiger partial charge in [0.2, 0.25) is 5.82 Å². The van der Waals surface area contributed by atoms with Gasteiger partial charge in [-0.05, 0) is 18.8 Å². The summed E-state index contributed by atoms with van der Waals surface area (Å²) in [5.74, 6) is 1.53. The zero-order valence-electron chi connectivity index (χ0n) is 12.3. The summed E-state index contributed by atoms with van der Waals surface area (Å²) in [6.07, 6.45) is 8.00. The van der Waals surface area contributed by atoms with Crippen LogP contribution in [0.25, 0.3) is 0 Å². The number of nitriles is 1. The van der Waals surface area contributed by atoms with E-state index in [2.05, 4.69) is 34.3 Å². The first-order valence-corrected chi connectivity index (χ1v) is 7.46. The molecule has 1 aromatic rings. The highest BCUT2D eigenvalue weighted by molar-refractivity contribution is 5.37. The summed E-state index contributed by atoms with van der Waals surface area (Å²) >= 11 is 0. The van der Waals surface area contributed by atoms with Crippen molar-refractivity contribution >= 4 is 5.82 Å². The molecule has 0 atom stereocenters. The third-order valence-electron chi connectivity index (χ3n) is 3.51. The molecular formula is C15H23N5. The number of hydrogen-bond donors (Lipinski definition) is 1. The van der Waals surface area contributed by atoms with Gasteiger partial charge >= 0.3 is 0 Å². The maximum absolute atomic E-state index is 8.93. The molecule has 5 heteroatoms. The largest absolute Gasteiger partial charge is 0.292 e. The van der Waals surface area contributed by atoms with Gasteiger partial charge in [-0.1, -0.05) is 33.1 Å². The molecule has 0 unspecified atom stereocenters. The van der Waals surface area contributed by atoms with Gasteiger partial charge in [-0.2, -0.15) is 5.26 Å². The van der Waals surface area contributed by atoms with E-state index in [-0.39, 0.29) is 5.82 Å². The van der Waals surface area contributed by atoms with Crippen LogP contribution in [0.15, 0.2) is 12.3 Å². The maximum Gasteiger partial charge on any atom is 0.234 e. The van der Waals surface area contributed by atoms with Crippen LogP contribution in [0.2, 0.25) is 0 Å². The van der Waals surface area contributed by atoms with Crippen molar-refractivity contribution in [2.24, 2.45) is 5.92 Å². The van der Waals surface area contributed by atoms with Gasteiger partial charge in [0, 0.05) is 24.8 Å². The summed E-state index contributed by atoms with van der Waals surface area (Å²) in [5.41, 5.74) is 3.59. The highest BCUT2D eigenvalue weighted by Gasteiger charge is 2.18. The van der Waals surface area contributed by atoms with E-state index in [0.29, 0.717) is 12.0 Å². The lowest BCUT2D eigenvalue weighted by Crippen LogP contribution is -2.47. The van der Waals surface area contributed by atoms with E-state index in [1.165, 1.54) is 32.1 Å². The lowest BCUT2D eigenvalue weighted by molar-refractivity contribution is 0.355. The van der Waals surface area contributed by atoms with E-state index < -0.39 is 0 Å². The Balaban J connectivity index is 2.11. The number of nitrogens with zero attached hydrogens (tertiary/aromatic N) is 4. The van der Waals surface area contributed by atoms with Gasteiger partial charge in [0.1, 0.15) is 11.9 Å². The van der Waals surface area contributed by atoms with E-state index >= 15 is 0 Å². The Kier molecular flexibility index (Phi) is 5.31. The zero-order valence-corrected chi connectivity index (χ0v) is 12.3. The molecule has 1 aliphatic rings. The molecule has 0 bridgehead atoms. The molecule has 1 saturated carbocycles. The first kappa shape index (κ1) is 14.7. The van der Waals surface area contributed by atoms with Gasteiger partial charge in [0.15, 0.2) is 0 Å². The molecule has 1 N–H and O–H groups in total. The van der Waals surface area contributed by atoms with E-state index in [1.54, 1.807) is 6.20 Å².